The maximum Gasteiger partial charge on any atom is 0.341 e. The molecule has 0 bridgehead atoms. The zero-order valence-corrected chi connectivity index (χ0v) is 12.7. The van der Waals surface area contributed by atoms with Gasteiger partial charge >= 0.3 is 5.97 Å². The normalized spacial score (nSPS) is 11.8. The largest absolute Gasteiger partial charge is 0.449 e. The molecule has 0 aliphatic carbocycles. The van der Waals surface area contributed by atoms with Gasteiger partial charge in [-0.2, -0.15) is 0 Å². The van der Waals surface area contributed by atoms with E-state index >= 15 is 0 Å². The van der Waals surface area contributed by atoms with Crippen molar-refractivity contribution in [2.75, 3.05) is 20.3 Å². The lowest BCUT2D eigenvalue weighted by Crippen LogP contribution is -2.37. The number of carbonyl (C=O) groups excluding carboxylic acids is 2. The fourth-order valence-electron chi connectivity index (χ4n) is 1.35. The molecule has 0 saturated heterocycles. The van der Waals surface area contributed by atoms with Crippen LogP contribution in [0, 0.1) is 5.82 Å². The Hall–Kier alpha value is -1.47. The van der Waals surface area contributed by atoms with Crippen LogP contribution in [0.1, 0.15) is 17.3 Å². The first-order chi connectivity index (χ1) is 9.45. The summed E-state index contributed by atoms with van der Waals surface area (Å²) in [6, 6.07) is 3.91. The topological polar surface area (TPSA) is 64.6 Å². The van der Waals surface area contributed by atoms with E-state index in [-0.39, 0.29) is 5.56 Å². The van der Waals surface area contributed by atoms with Crippen molar-refractivity contribution in [1.82, 2.24) is 5.32 Å². The van der Waals surface area contributed by atoms with Crippen molar-refractivity contribution in [3.8, 4) is 0 Å². The molecule has 0 heterocycles. The molecule has 1 rings (SSSR count). The number of hydrogen-bond acceptors (Lipinski definition) is 4. The van der Waals surface area contributed by atoms with Crippen molar-refractivity contribution in [2.45, 2.75) is 13.0 Å². The number of amides is 1. The Kier molecular flexibility index (Phi) is 6.60. The second kappa shape index (κ2) is 7.96. The summed E-state index contributed by atoms with van der Waals surface area (Å²) in [6.07, 6.45) is -1.02. The van der Waals surface area contributed by atoms with Crippen molar-refractivity contribution < 1.29 is 23.5 Å². The van der Waals surface area contributed by atoms with Crippen molar-refractivity contribution in [2.24, 2.45) is 0 Å². The zero-order valence-electron chi connectivity index (χ0n) is 11.1. The number of halogens is 2. The third-order valence-corrected chi connectivity index (χ3v) is 2.90. The molecule has 1 aromatic rings. The first-order valence-electron chi connectivity index (χ1n) is 5.88. The van der Waals surface area contributed by atoms with E-state index in [0.29, 0.717) is 17.6 Å². The van der Waals surface area contributed by atoms with Crippen LogP contribution in [0.5, 0.6) is 0 Å². The number of ether oxygens (including phenoxy) is 2. The summed E-state index contributed by atoms with van der Waals surface area (Å²) in [7, 11) is 1.51. The molecule has 0 aromatic heterocycles. The van der Waals surface area contributed by atoms with Gasteiger partial charge in [-0.25, -0.2) is 9.18 Å². The molecule has 0 saturated carbocycles. The lowest BCUT2D eigenvalue weighted by atomic mass is 10.2. The summed E-state index contributed by atoms with van der Waals surface area (Å²) in [5.41, 5.74) is -0.226. The number of esters is 1. The Balaban J connectivity index is 2.61. The highest BCUT2D eigenvalue weighted by Gasteiger charge is 2.21. The maximum atomic E-state index is 13.5. The monoisotopic (exact) mass is 347 g/mol. The number of nitrogens with one attached hydrogen (secondary N) is 1. The van der Waals surface area contributed by atoms with Crippen LogP contribution < -0.4 is 5.32 Å². The predicted molar refractivity (Wildman–Crippen MR) is 73.9 cm³/mol. The SMILES string of the molecule is COCCNC(=O)[C@@H](C)OC(=O)c1cc(Br)ccc1F. The van der Waals surface area contributed by atoms with Gasteiger partial charge in [-0.15, -0.1) is 0 Å². The average molecular weight is 348 g/mol. The molecule has 0 fully saturated rings. The van der Waals surface area contributed by atoms with Crippen molar-refractivity contribution in [3.63, 3.8) is 0 Å². The summed E-state index contributed by atoms with van der Waals surface area (Å²) >= 11 is 3.13. The van der Waals surface area contributed by atoms with Gasteiger partial charge in [0.25, 0.3) is 5.91 Å². The smallest absolute Gasteiger partial charge is 0.341 e. The predicted octanol–water partition coefficient (Wildman–Crippen LogP) is 1.90. The van der Waals surface area contributed by atoms with Gasteiger partial charge < -0.3 is 14.8 Å². The first-order valence-corrected chi connectivity index (χ1v) is 6.67. The Bertz CT molecular complexity index is 495. The fourth-order valence-corrected chi connectivity index (χ4v) is 1.71. The van der Waals surface area contributed by atoms with Gasteiger partial charge in [-0.3, -0.25) is 4.79 Å². The molecule has 110 valence electrons. The molecule has 0 aliphatic heterocycles. The van der Waals surface area contributed by atoms with E-state index in [1.807, 2.05) is 0 Å². The summed E-state index contributed by atoms with van der Waals surface area (Å²) in [6.45, 7) is 2.07. The highest BCUT2D eigenvalue weighted by Crippen LogP contribution is 2.17. The second-order valence-electron chi connectivity index (χ2n) is 3.96. The van der Waals surface area contributed by atoms with Crippen LogP contribution in [0.3, 0.4) is 0 Å². The molecule has 0 spiro atoms. The fraction of sp³-hybridized carbons (Fsp3) is 0.385. The van der Waals surface area contributed by atoms with Crippen LogP contribution in [0.15, 0.2) is 22.7 Å². The van der Waals surface area contributed by atoms with E-state index in [4.69, 9.17) is 9.47 Å². The van der Waals surface area contributed by atoms with E-state index in [2.05, 4.69) is 21.2 Å². The number of hydrogen-bond donors (Lipinski definition) is 1. The molecular formula is C13H15BrFNO4. The number of benzene rings is 1. The molecule has 7 heteroatoms. The minimum Gasteiger partial charge on any atom is -0.449 e. The second-order valence-corrected chi connectivity index (χ2v) is 4.87. The van der Waals surface area contributed by atoms with E-state index in [0.717, 1.165) is 6.07 Å². The van der Waals surface area contributed by atoms with Gasteiger partial charge in [-0.1, -0.05) is 15.9 Å². The van der Waals surface area contributed by atoms with Crippen LogP contribution in [-0.4, -0.2) is 38.2 Å². The highest BCUT2D eigenvalue weighted by atomic mass is 79.9. The average Bonchev–Trinajstić information content (AvgIpc) is 2.41. The van der Waals surface area contributed by atoms with Crippen LogP contribution in [0.2, 0.25) is 0 Å². The summed E-state index contributed by atoms with van der Waals surface area (Å²) in [5, 5.41) is 2.52. The third-order valence-electron chi connectivity index (χ3n) is 2.41. The third kappa shape index (κ3) is 4.90. The summed E-state index contributed by atoms with van der Waals surface area (Å²) < 4.78 is 23.7. The Morgan fingerprint density at radius 1 is 1.45 bits per heavy atom. The number of rotatable bonds is 6. The quantitative estimate of drug-likeness (QED) is 0.630. The maximum absolute atomic E-state index is 13.5. The van der Waals surface area contributed by atoms with Gasteiger partial charge in [-0.05, 0) is 25.1 Å². The molecule has 20 heavy (non-hydrogen) atoms. The van der Waals surface area contributed by atoms with Crippen molar-refractivity contribution >= 4 is 27.8 Å². The van der Waals surface area contributed by atoms with Crippen molar-refractivity contribution in [1.29, 1.82) is 0 Å². The zero-order chi connectivity index (χ0) is 15.1. The Morgan fingerprint density at radius 2 is 2.15 bits per heavy atom. The molecule has 5 nitrogen and oxygen atoms in total. The standard InChI is InChI=1S/C13H15BrFNO4/c1-8(12(17)16-5-6-19-2)20-13(18)10-7-9(14)3-4-11(10)15/h3-4,7-8H,5-6H2,1-2H3,(H,16,17)/t8-/m1/s1. The molecule has 1 amide bonds. The van der Waals surface area contributed by atoms with Gasteiger partial charge in [0, 0.05) is 18.1 Å². The van der Waals surface area contributed by atoms with Crippen molar-refractivity contribution in [3.05, 3.63) is 34.1 Å². The lowest BCUT2D eigenvalue weighted by molar-refractivity contribution is -0.129. The minimum atomic E-state index is -1.02. The van der Waals surface area contributed by atoms with Crippen LogP contribution in [0.25, 0.3) is 0 Å². The summed E-state index contributed by atoms with van der Waals surface area (Å²) in [5.74, 6) is -2.06. The molecule has 1 aromatic carbocycles. The van der Waals surface area contributed by atoms with Gasteiger partial charge in [0.2, 0.25) is 0 Å². The minimum absolute atomic E-state index is 0.226. The molecule has 0 radical (unpaired) electrons. The van der Waals surface area contributed by atoms with Crippen LogP contribution >= 0.6 is 15.9 Å². The van der Waals surface area contributed by atoms with Gasteiger partial charge in [0.1, 0.15) is 5.82 Å². The molecule has 0 aliphatic rings. The first kappa shape index (κ1) is 16.6. The lowest BCUT2D eigenvalue weighted by Gasteiger charge is -2.13. The Morgan fingerprint density at radius 3 is 2.80 bits per heavy atom. The van der Waals surface area contributed by atoms with Gasteiger partial charge in [0.15, 0.2) is 6.10 Å². The number of methoxy groups -OCH3 is 1. The molecule has 0 unspecified atom stereocenters. The van der Waals surface area contributed by atoms with Gasteiger partial charge in [0.05, 0.1) is 12.2 Å². The Labute approximate surface area is 124 Å². The molecule has 1 N–H and O–H groups in total. The van der Waals surface area contributed by atoms with E-state index < -0.39 is 23.8 Å². The van der Waals surface area contributed by atoms with E-state index in [1.54, 1.807) is 0 Å². The van der Waals surface area contributed by atoms with E-state index in [9.17, 15) is 14.0 Å². The summed E-state index contributed by atoms with van der Waals surface area (Å²) in [4.78, 5) is 23.4. The van der Waals surface area contributed by atoms with Crippen LogP contribution in [-0.2, 0) is 14.3 Å². The van der Waals surface area contributed by atoms with Crippen LogP contribution in [0.4, 0.5) is 4.39 Å². The molecule has 1 atom stereocenters. The highest BCUT2D eigenvalue weighted by molar-refractivity contribution is 9.10. The number of carbonyl (C=O) groups is 2. The van der Waals surface area contributed by atoms with E-state index in [1.165, 1.54) is 26.2 Å². The molecular weight excluding hydrogens is 333 g/mol.